The summed E-state index contributed by atoms with van der Waals surface area (Å²) in [5.74, 6) is 1.04. The Morgan fingerprint density at radius 1 is 0.585 bits per heavy atom. The Morgan fingerprint density at radius 2 is 1.13 bits per heavy atom. The van der Waals surface area contributed by atoms with Crippen molar-refractivity contribution in [2.24, 2.45) is 5.41 Å². The van der Waals surface area contributed by atoms with E-state index in [0.717, 1.165) is 6.42 Å². The van der Waals surface area contributed by atoms with Gasteiger partial charge in [-0.25, -0.2) is 0 Å². The standard InChI is InChI=1S/C52H41N/c1-30-13-5-12-20-44-33-14-6-11-19-38(33)50-43-26-40-39-25-41-42(49-36-17-9-7-15-34(36)48(41)35-16-8-10-18-37(35)49)27-46(39)53(47(40)28-45(43)52(30,44)50)32-23-21-31(22-24-32)29-51(2,3)4/h5-28,44,48-50H,1,29H2,2-4H3. The SMILES string of the molecule is C=C1C=CC=CC2c3ccccc3C3c4cc5c6cc7c(cc6n(-c6ccc(CC(C)(C)C)cc6)c5cc4C123)C1c2ccccc2C7c2ccccc21. The second kappa shape index (κ2) is 10.1. The first-order valence-corrected chi connectivity index (χ1v) is 19.4. The number of rotatable bonds is 2. The number of aromatic nitrogens is 1. The molecule has 53 heavy (non-hydrogen) atoms. The normalized spacial score (nSPS) is 23.8. The van der Waals surface area contributed by atoms with Crippen LogP contribution in [0.15, 0.2) is 158 Å². The molecule has 0 radical (unpaired) electrons. The Morgan fingerprint density at radius 3 is 1.75 bits per heavy atom. The fraction of sp³-hybridized carbons (Fsp3) is 0.192. The number of allylic oxidation sites excluding steroid dienone is 5. The summed E-state index contributed by atoms with van der Waals surface area (Å²) < 4.78 is 2.58. The van der Waals surface area contributed by atoms with Gasteiger partial charge >= 0.3 is 0 Å². The van der Waals surface area contributed by atoms with Gasteiger partial charge in [0, 0.05) is 45.5 Å². The second-order valence-electron chi connectivity index (χ2n) is 17.5. The number of hydrogen-bond donors (Lipinski definition) is 0. The lowest BCUT2D eigenvalue weighted by Gasteiger charge is -2.51. The minimum atomic E-state index is -0.170. The first-order valence-electron chi connectivity index (χ1n) is 19.4. The van der Waals surface area contributed by atoms with Gasteiger partial charge in [-0.1, -0.05) is 137 Å². The molecule has 6 aliphatic rings. The van der Waals surface area contributed by atoms with Gasteiger partial charge in [-0.05, 0) is 115 Å². The molecule has 0 aliphatic heterocycles. The van der Waals surface area contributed by atoms with E-state index in [9.17, 15) is 0 Å². The van der Waals surface area contributed by atoms with E-state index >= 15 is 0 Å². The molecular formula is C52H41N. The van der Waals surface area contributed by atoms with E-state index < -0.39 is 0 Å². The predicted molar refractivity (Wildman–Crippen MR) is 219 cm³/mol. The lowest BCUT2D eigenvalue weighted by molar-refractivity contribution is 0.392. The summed E-state index contributed by atoms with van der Waals surface area (Å²) in [7, 11) is 0. The zero-order valence-corrected chi connectivity index (χ0v) is 30.5. The van der Waals surface area contributed by atoms with Crippen LogP contribution in [0.4, 0.5) is 0 Å². The van der Waals surface area contributed by atoms with Crippen molar-refractivity contribution in [3.63, 3.8) is 0 Å². The average molecular weight is 680 g/mol. The fourth-order valence-electron chi connectivity index (χ4n) is 11.7. The average Bonchev–Trinajstić information content (AvgIpc) is 3.52. The van der Waals surface area contributed by atoms with E-state index in [1.54, 1.807) is 0 Å². The first-order chi connectivity index (χ1) is 25.8. The van der Waals surface area contributed by atoms with Crippen LogP contribution in [0.2, 0.25) is 0 Å². The first kappa shape index (κ1) is 29.9. The maximum absolute atomic E-state index is 4.80. The van der Waals surface area contributed by atoms with Gasteiger partial charge in [-0.3, -0.25) is 0 Å². The molecule has 0 saturated heterocycles. The molecule has 6 aliphatic carbocycles. The second-order valence-corrected chi connectivity index (χ2v) is 17.5. The van der Waals surface area contributed by atoms with Crippen molar-refractivity contribution in [2.45, 2.75) is 56.3 Å². The zero-order valence-electron chi connectivity index (χ0n) is 30.5. The third-order valence-electron chi connectivity index (χ3n) is 13.5. The van der Waals surface area contributed by atoms with E-state index in [1.165, 1.54) is 94.3 Å². The Labute approximate surface area is 311 Å². The molecule has 6 aromatic carbocycles. The molecule has 3 unspecified atom stereocenters. The minimum absolute atomic E-state index is 0.170. The lowest BCUT2D eigenvalue weighted by Crippen LogP contribution is -2.45. The van der Waals surface area contributed by atoms with Gasteiger partial charge < -0.3 is 4.57 Å². The highest BCUT2D eigenvalue weighted by Gasteiger charge is 2.62. The maximum Gasteiger partial charge on any atom is 0.0544 e. The van der Waals surface area contributed by atoms with Gasteiger partial charge in [-0.15, -0.1) is 0 Å². The Balaban J connectivity index is 1.16. The monoisotopic (exact) mass is 679 g/mol. The number of fused-ring (bicyclic) bond motifs is 8. The molecule has 254 valence electrons. The van der Waals surface area contributed by atoms with Crippen molar-refractivity contribution in [1.29, 1.82) is 0 Å². The van der Waals surface area contributed by atoms with Crippen LogP contribution in [-0.4, -0.2) is 4.57 Å². The zero-order chi connectivity index (χ0) is 35.4. The van der Waals surface area contributed by atoms with E-state index in [-0.39, 0.29) is 28.6 Å². The summed E-state index contributed by atoms with van der Waals surface area (Å²) in [5, 5.41) is 2.70. The van der Waals surface area contributed by atoms with Crippen LogP contribution >= 0.6 is 0 Å². The quantitative estimate of drug-likeness (QED) is 0.171. The summed E-state index contributed by atoms with van der Waals surface area (Å²) >= 11 is 0. The van der Waals surface area contributed by atoms with Crippen LogP contribution in [0.1, 0.15) is 106 Å². The number of hydrogen-bond acceptors (Lipinski definition) is 0. The van der Waals surface area contributed by atoms with Gasteiger partial charge in [0.25, 0.3) is 0 Å². The van der Waals surface area contributed by atoms with Crippen LogP contribution < -0.4 is 0 Å². The van der Waals surface area contributed by atoms with Crippen LogP contribution in [0, 0.1) is 5.41 Å². The minimum Gasteiger partial charge on any atom is -0.309 e. The highest BCUT2D eigenvalue weighted by atomic mass is 15.0. The molecule has 1 heterocycles. The van der Waals surface area contributed by atoms with Crippen molar-refractivity contribution < 1.29 is 0 Å². The topological polar surface area (TPSA) is 4.93 Å². The van der Waals surface area contributed by atoms with E-state index in [1.807, 2.05) is 0 Å². The predicted octanol–water partition coefficient (Wildman–Crippen LogP) is 12.5. The molecule has 0 saturated carbocycles. The highest BCUT2D eigenvalue weighted by molar-refractivity contribution is 6.11. The van der Waals surface area contributed by atoms with Gasteiger partial charge in [0.2, 0.25) is 0 Å². The van der Waals surface area contributed by atoms with Crippen LogP contribution in [0.25, 0.3) is 27.5 Å². The number of benzene rings is 6. The van der Waals surface area contributed by atoms with Crippen molar-refractivity contribution >= 4 is 21.8 Å². The summed E-state index contributed by atoms with van der Waals surface area (Å²) in [6.45, 7) is 11.8. The summed E-state index contributed by atoms with van der Waals surface area (Å²) in [4.78, 5) is 0. The smallest absolute Gasteiger partial charge is 0.0544 e. The van der Waals surface area contributed by atoms with Crippen LogP contribution in [0.3, 0.4) is 0 Å². The Bertz CT molecular complexity index is 2780. The van der Waals surface area contributed by atoms with E-state index in [2.05, 4.69) is 171 Å². The van der Waals surface area contributed by atoms with E-state index in [0.29, 0.717) is 5.92 Å². The third kappa shape index (κ3) is 3.68. The molecule has 0 amide bonds. The van der Waals surface area contributed by atoms with Gasteiger partial charge in [-0.2, -0.15) is 0 Å². The van der Waals surface area contributed by atoms with Crippen molar-refractivity contribution in [3.05, 3.63) is 219 Å². The molecule has 1 aromatic heterocycles. The third-order valence-corrected chi connectivity index (χ3v) is 13.5. The van der Waals surface area contributed by atoms with Crippen molar-refractivity contribution in [1.82, 2.24) is 4.57 Å². The largest absolute Gasteiger partial charge is 0.309 e. The molecule has 13 rings (SSSR count). The Kier molecular flexibility index (Phi) is 5.67. The van der Waals surface area contributed by atoms with Gasteiger partial charge in [0.15, 0.2) is 0 Å². The number of nitrogens with zero attached hydrogens (tertiary/aromatic N) is 1. The summed E-state index contributed by atoms with van der Waals surface area (Å²) in [6, 6.07) is 47.3. The summed E-state index contributed by atoms with van der Waals surface area (Å²) in [5.41, 5.74) is 21.1. The molecular weight excluding hydrogens is 639 g/mol. The molecule has 1 nitrogen and oxygen atoms in total. The molecule has 0 fully saturated rings. The van der Waals surface area contributed by atoms with Gasteiger partial charge in [0.1, 0.15) is 0 Å². The lowest BCUT2D eigenvalue weighted by atomic mass is 9.50. The molecule has 7 aromatic rings. The van der Waals surface area contributed by atoms with Crippen LogP contribution in [-0.2, 0) is 11.8 Å². The summed E-state index contributed by atoms with van der Waals surface area (Å²) in [6.07, 6.45) is 10.2. The van der Waals surface area contributed by atoms with Gasteiger partial charge in [0.05, 0.1) is 11.0 Å². The molecule has 0 N–H and O–H groups in total. The highest BCUT2D eigenvalue weighted by Crippen LogP contribution is 2.71. The Hall–Kier alpha value is -5.66. The van der Waals surface area contributed by atoms with Crippen molar-refractivity contribution in [3.8, 4) is 5.69 Å². The fourth-order valence-corrected chi connectivity index (χ4v) is 11.7. The van der Waals surface area contributed by atoms with Crippen LogP contribution in [0.5, 0.6) is 0 Å². The molecule has 1 heteroatoms. The molecule has 3 atom stereocenters. The van der Waals surface area contributed by atoms with E-state index in [4.69, 9.17) is 6.58 Å². The van der Waals surface area contributed by atoms with Crippen molar-refractivity contribution in [2.75, 3.05) is 0 Å². The maximum atomic E-state index is 4.80. The molecule has 2 bridgehead atoms. The molecule has 1 spiro atoms.